The van der Waals surface area contributed by atoms with Crippen molar-refractivity contribution in [2.75, 3.05) is 5.88 Å². The zero-order chi connectivity index (χ0) is 12.8. The topological polar surface area (TPSA) is 12.0 Å². The summed E-state index contributed by atoms with van der Waals surface area (Å²) in [7, 11) is 0. The summed E-state index contributed by atoms with van der Waals surface area (Å²) in [5.41, 5.74) is 1.32. The van der Waals surface area contributed by atoms with Crippen molar-refractivity contribution in [3.8, 4) is 0 Å². The fourth-order valence-electron chi connectivity index (χ4n) is 1.77. The molecule has 2 rings (SSSR count). The minimum atomic E-state index is 0.315. The van der Waals surface area contributed by atoms with Crippen molar-refractivity contribution in [3.05, 3.63) is 56.7 Å². The van der Waals surface area contributed by atoms with Gasteiger partial charge in [-0.1, -0.05) is 30.3 Å². The minimum Gasteiger partial charge on any atom is -0.308 e. The summed E-state index contributed by atoms with van der Waals surface area (Å²) in [6.45, 7) is 0.875. The highest BCUT2D eigenvalue weighted by atomic mass is 79.9. The summed E-state index contributed by atoms with van der Waals surface area (Å²) in [6, 6.07) is 12.9. The highest BCUT2D eigenvalue weighted by molar-refractivity contribution is 9.10. The summed E-state index contributed by atoms with van der Waals surface area (Å²) < 4.78 is 1.15. The quantitative estimate of drug-likeness (QED) is 0.763. The van der Waals surface area contributed by atoms with Crippen molar-refractivity contribution in [1.82, 2.24) is 5.32 Å². The van der Waals surface area contributed by atoms with Gasteiger partial charge in [0, 0.05) is 33.2 Å². The van der Waals surface area contributed by atoms with Crippen molar-refractivity contribution in [1.29, 1.82) is 0 Å². The van der Waals surface area contributed by atoms with Gasteiger partial charge in [-0.15, -0.1) is 22.9 Å². The van der Waals surface area contributed by atoms with Crippen LogP contribution < -0.4 is 5.32 Å². The van der Waals surface area contributed by atoms with Crippen LogP contribution in [-0.2, 0) is 13.0 Å². The first kappa shape index (κ1) is 14.1. The molecule has 1 nitrogen and oxygen atoms in total. The molecule has 0 radical (unpaired) electrons. The number of hydrogen-bond donors (Lipinski definition) is 1. The van der Waals surface area contributed by atoms with E-state index in [1.165, 1.54) is 10.4 Å². The van der Waals surface area contributed by atoms with E-state index in [1.54, 1.807) is 11.3 Å². The maximum absolute atomic E-state index is 6.02. The van der Waals surface area contributed by atoms with Gasteiger partial charge in [-0.25, -0.2) is 0 Å². The zero-order valence-corrected chi connectivity index (χ0v) is 13.1. The third-order valence-corrected chi connectivity index (χ3v) is 4.77. The third kappa shape index (κ3) is 4.39. The zero-order valence-electron chi connectivity index (χ0n) is 9.90. The van der Waals surface area contributed by atoms with Gasteiger partial charge < -0.3 is 5.32 Å². The molecule has 1 heterocycles. The number of nitrogens with one attached hydrogen (secondary N) is 1. The Bertz CT molecular complexity index is 472. The molecule has 4 heteroatoms. The monoisotopic (exact) mass is 343 g/mol. The van der Waals surface area contributed by atoms with Gasteiger partial charge in [0.05, 0.1) is 0 Å². The SMILES string of the molecule is ClCC(Cc1ccccc1)NCc1cc(Br)cs1. The number of thiophene rings is 1. The summed E-state index contributed by atoms with van der Waals surface area (Å²) >= 11 is 11.2. The molecule has 0 saturated carbocycles. The van der Waals surface area contributed by atoms with Gasteiger partial charge in [-0.2, -0.15) is 0 Å². The van der Waals surface area contributed by atoms with Crippen LogP contribution in [0.4, 0.5) is 0 Å². The minimum absolute atomic E-state index is 0.315. The Hall–Kier alpha value is -0.350. The Balaban J connectivity index is 1.86. The van der Waals surface area contributed by atoms with E-state index in [4.69, 9.17) is 11.6 Å². The Labute approximate surface area is 125 Å². The lowest BCUT2D eigenvalue weighted by Crippen LogP contribution is -2.32. The van der Waals surface area contributed by atoms with Crippen molar-refractivity contribution in [2.45, 2.75) is 19.0 Å². The van der Waals surface area contributed by atoms with E-state index in [2.05, 4.69) is 57.0 Å². The molecular weight excluding hydrogens is 330 g/mol. The average Bonchev–Trinajstić information content (AvgIpc) is 2.81. The van der Waals surface area contributed by atoms with Crippen molar-refractivity contribution < 1.29 is 0 Å². The normalized spacial score (nSPS) is 12.6. The molecule has 0 amide bonds. The lowest BCUT2D eigenvalue weighted by molar-refractivity contribution is 0.553. The number of halogens is 2. The molecule has 0 saturated heterocycles. The number of alkyl halides is 1. The molecule has 1 N–H and O–H groups in total. The van der Waals surface area contributed by atoms with E-state index in [0.717, 1.165) is 17.4 Å². The second-order valence-electron chi connectivity index (χ2n) is 4.15. The highest BCUT2D eigenvalue weighted by Crippen LogP contribution is 2.19. The molecule has 0 aliphatic heterocycles. The lowest BCUT2D eigenvalue weighted by atomic mass is 10.1. The standard InChI is InChI=1S/C14H15BrClNS/c15-12-7-14(18-10-12)9-17-13(8-16)6-11-4-2-1-3-5-11/h1-5,7,10,13,17H,6,8-9H2. The van der Waals surface area contributed by atoms with E-state index in [-0.39, 0.29) is 0 Å². The fraction of sp³-hybridized carbons (Fsp3) is 0.286. The van der Waals surface area contributed by atoms with Crippen LogP contribution in [0.25, 0.3) is 0 Å². The fourth-order valence-corrected chi connectivity index (χ4v) is 3.39. The van der Waals surface area contributed by atoms with Gasteiger partial charge in [-0.3, -0.25) is 0 Å². The molecule has 0 aliphatic rings. The van der Waals surface area contributed by atoms with Crippen LogP contribution in [0.5, 0.6) is 0 Å². The lowest BCUT2D eigenvalue weighted by Gasteiger charge is -2.15. The highest BCUT2D eigenvalue weighted by Gasteiger charge is 2.08. The summed E-state index contributed by atoms with van der Waals surface area (Å²) in [6.07, 6.45) is 0.969. The van der Waals surface area contributed by atoms with Crippen LogP contribution in [0.1, 0.15) is 10.4 Å². The van der Waals surface area contributed by atoms with Gasteiger partial charge in [0.15, 0.2) is 0 Å². The van der Waals surface area contributed by atoms with Crippen molar-refractivity contribution >= 4 is 38.9 Å². The first-order valence-electron chi connectivity index (χ1n) is 5.84. The molecule has 1 atom stereocenters. The van der Waals surface area contributed by atoms with Crippen LogP contribution in [0.3, 0.4) is 0 Å². The second kappa shape index (κ2) is 7.29. The molecule has 0 bridgehead atoms. The van der Waals surface area contributed by atoms with Gasteiger partial charge in [-0.05, 0) is 34.0 Å². The molecule has 0 aliphatic carbocycles. The molecule has 96 valence electrons. The smallest absolute Gasteiger partial charge is 0.0380 e. The van der Waals surface area contributed by atoms with Crippen LogP contribution in [0, 0.1) is 0 Å². The maximum atomic E-state index is 6.02. The Morgan fingerprint density at radius 1 is 1.28 bits per heavy atom. The second-order valence-corrected chi connectivity index (χ2v) is 6.37. The summed E-state index contributed by atoms with van der Waals surface area (Å²) in [4.78, 5) is 1.32. The number of hydrogen-bond acceptors (Lipinski definition) is 2. The Kier molecular flexibility index (Phi) is 5.70. The largest absolute Gasteiger partial charge is 0.308 e. The number of rotatable bonds is 6. The maximum Gasteiger partial charge on any atom is 0.0380 e. The van der Waals surface area contributed by atoms with Crippen LogP contribution in [0.15, 0.2) is 46.3 Å². The van der Waals surface area contributed by atoms with Gasteiger partial charge >= 0.3 is 0 Å². The van der Waals surface area contributed by atoms with Crippen molar-refractivity contribution in [2.24, 2.45) is 0 Å². The van der Waals surface area contributed by atoms with Gasteiger partial charge in [0.1, 0.15) is 0 Å². The molecular formula is C14H15BrClNS. The predicted octanol–water partition coefficient (Wildman–Crippen LogP) is 4.45. The first-order valence-corrected chi connectivity index (χ1v) is 8.05. The molecule has 1 aromatic carbocycles. The van der Waals surface area contributed by atoms with Gasteiger partial charge in [0.2, 0.25) is 0 Å². The average molecular weight is 345 g/mol. The molecule has 18 heavy (non-hydrogen) atoms. The van der Waals surface area contributed by atoms with Crippen LogP contribution in [-0.4, -0.2) is 11.9 Å². The Morgan fingerprint density at radius 2 is 2.06 bits per heavy atom. The van der Waals surface area contributed by atoms with Crippen LogP contribution >= 0.6 is 38.9 Å². The van der Waals surface area contributed by atoms with E-state index in [9.17, 15) is 0 Å². The van der Waals surface area contributed by atoms with E-state index < -0.39 is 0 Å². The van der Waals surface area contributed by atoms with E-state index in [0.29, 0.717) is 11.9 Å². The van der Waals surface area contributed by atoms with E-state index in [1.807, 2.05) is 6.07 Å². The first-order chi connectivity index (χ1) is 8.78. The molecule has 1 unspecified atom stereocenters. The molecule has 0 fully saturated rings. The van der Waals surface area contributed by atoms with Crippen LogP contribution in [0.2, 0.25) is 0 Å². The van der Waals surface area contributed by atoms with E-state index >= 15 is 0 Å². The molecule has 0 spiro atoms. The predicted molar refractivity (Wildman–Crippen MR) is 83.5 cm³/mol. The third-order valence-electron chi connectivity index (χ3n) is 2.70. The van der Waals surface area contributed by atoms with Crippen molar-refractivity contribution in [3.63, 3.8) is 0 Å². The number of benzene rings is 1. The molecule has 2 aromatic rings. The summed E-state index contributed by atoms with van der Waals surface area (Å²) in [5, 5.41) is 5.61. The molecule has 1 aromatic heterocycles. The Morgan fingerprint density at radius 3 is 2.67 bits per heavy atom. The summed E-state index contributed by atoms with van der Waals surface area (Å²) in [5.74, 6) is 0.626. The van der Waals surface area contributed by atoms with Gasteiger partial charge in [0.25, 0.3) is 0 Å².